The minimum Gasteiger partial charge on any atom is -0.496 e. The van der Waals surface area contributed by atoms with Crippen LogP contribution in [-0.4, -0.2) is 26.7 Å². The van der Waals surface area contributed by atoms with E-state index in [-0.39, 0.29) is 0 Å². The Labute approximate surface area is 165 Å². The number of nitrogens with zero attached hydrogens (tertiary/aromatic N) is 3. The number of nitrogens with one attached hydrogen (secondary N) is 2. The zero-order valence-electron chi connectivity index (χ0n) is 15.0. The summed E-state index contributed by atoms with van der Waals surface area (Å²) in [5.41, 5.74) is 4.63. The van der Waals surface area contributed by atoms with E-state index in [0.29, 0.717) is 11.0 Å². The summed E-state index contributed by atoms with van der Waals surface area (Å²) in [4.78, 5) is 7.62. The van der Waals surface area contributed by atoms with E-state index in [0.717, 1.165) is 39.1 Å². The molecule has 28 heavy (non-hydrogen) atoms. The molecule has 0 saturated carbocycles. The maximum absolute atomic E-state index is 6.21. The minimum absolute atomic E-state index is 0.501. The number of ether oxygens (including phenoxy) is 1. The average Bonchev–Trinajstić information content (AvgIpc) is 3.34. The van der Waals surface area contributed by atoms with Crippen LogP contribution in [0.4, 0.5) is 11.6 Å². The molecule has 0 saturated heterocycles. The van der Waals surface area contributed by atoms with Crippen LogP contribution in [0.25, 0.3) is 27.7 Å². The number of benzene rings is 2. The summed E-state index contributed by atoms with van der Waals surface area (Å²) < 4.78 is 7.33. The third-order valence-electron chi connectivity index (χ3n) is 4.65. The Morgan fingerprint density at radius 1 is 1.07 bits per heavy atom. The van der Waals surface area contributed by atoms with Crippen LogP contribution in [0.3, 0.4) is 0 Å². The van der Waals surface area contributed by atoms with Crippen molar-refractivity contribution in [1.29, 1.82) is 0 Å². The predicted molar refractivity (Wildman–Crippen MR) is 112 cm³/mol. The number of hydrogen-bond acceptors (Lipinski definition) is 4. The molecule has 0 aliphatic rings. The van der Waals surface area contributed by atoms with Gasteiger partial charge in [-0.3, -0.25) is 0 Å². The van der Waals surface area contributed by atoms with Gasteiger partial charge in [-0.15, -0.1) is 5.10 Å². The highest BCUT2D eigenvalue weighted by Crippen LogP contribution is 2.33. The van der Waals surface area contributed by atoms with Gasteiger partial charge in [-0.05, 0) is 54.6 Å². The lowest BCUT2D eigenvalue weighted by molar-refractivity contribution is 0.416. The van der Waals surface area contributed by atoms with Crippen LogP contribution in [0.15, 0.2) is 67.0 Å². The second-order valence-corrected chi connectivity index (χ2v) is 6.82. The van der Waals surface area contributed by atoms with Gasteiger partial charge < -0.3 is 15.0 Å². The van der Waals surface area contributed by atoms with Gasteiger partial charge in [0.1, 0.15) is 5.75 Å². The first-order valence-corrected chi connectivity index (χ1v) is 9.12. The Hall–Kier alpha value is -3.51. The van der Waals surface area contributed by atoms with Gasteiger partial charge >= 0.3 is 0 Å². The van der Waals surface area contributed by atoms with Crippen LogP contribution in [-0.2, 0) is 0 Å². The van der Waals surface area contributed by atoms with Gasteiger partial charge in [0, 0.05) is 33.4 Å². The van der Waals surface area contributed by atoms with Crippen molar-refractivity contribution < 1.29 is 4.74 Å². The molecule has 6 nitrogen and oxygen atoms in total. The van der Waals surface area contributed by atoms with Gasteiger partial charge in [0.05, 0.1) is 24.5 Å². The minimum atomic E-state index is 0.501. The number of methoxy groups -OCH3 is 1. The third kappa shape index (κ3) is 2.84. The van der Waals surface area contributed by atoms with Crippen molar-refractivity contribution >= 4 is 39.7 Å². The Bertz CT molecular complexity index is 1310. The summed E-state index contributed by atoms with van der Waals surface area (Å²) in [6.07, 6.45) is 3.70. The van der Waals surface area contributed by atoms with Crippen molar-refractivity contribution in [1.82, 2.24) is 19.6 Å². The fraction of sp³-hybridized carbons (Fsp3) is 0.0476. The number of fused-ring (bicyclic) bond motifs is 2. The fourth-order valence-corrected chi connectivity index (χ4v) is 3.48. The summed E-state index contributed by atoms with van der Waals surface area (Å²) in [7, 11) is 1.64. The van der Waals surface area contributed by atoms with E-state index in [9.17, 15) is 0 Å². The average molecular weight is 390 g/mol. The van der Waals surface area contributed by atoms with Crippen LogP contribution in [0.1, 0.15) is 0 Å². The lowest BCUT2D eigenvalue weighted by atomic mass is 10.1. The highest BCUT2D eigenvalue weighted by atomic mass is 35.5. The smallest absolute Gasteiger partial charge is 0.245 e. The van der Waals surface area contributed by atoms with Crippen LogP contribution in [0.5, 0.6) is 5.75 Å². The number of H-pyrrole nitrogens is 1. The molecule has 138 valence electrons. The van der Waals surface area contributed by atoms with Crippen molar-refractivity contribution in [2.75, 3.05) is 12.4 Å². The molecule has 0 amide bonds. The van der Waals surface area contributed by atoms with E-state index in [2.05, 4.69) is 26.4 Å². The maximum atomic E-state index is 6.21. The van der Waals surface area contributed by atoms with Gasteiger partial charge in [-0.25, -0.2) is 9.50 Å². The lowest BCUT2D eigenvalue weighted by Gasteiger charge is -2.10. The molecule has 0 fully saturated rings. The van der Waals surface area contributed by atoms with Crippen LogP contribution in [0, 0.1) is 0 Å². The first-order valence-electron chi connectivity index (χ1n) is 8.74. The molecular weight excluding hydrogens is 374 g/mol. The zero-order valence-corrected chi connectivity index (χ0v) is 15.7. The van der Waals surface area contributed by atoms with E-state index in [1.165, 1.54) is 0 Å². The van der Waals surface area contributed by atoms with Gasteiger partial charge in [-0.2, -0.15) is 0 Å². The second-order valence-electron chi connectivity index (χ2n) is 6.39. The van der Waals surface area contributed by atoms with Crippen molar-refractivity contribution in [2.24, 2.45) is 0 Å². The molecule has 0 radical (unpaired) electrons. The first kappa shape index (κ1) is 16.6. The van der Waals surface area contributed by atoms with E-state index < -0.39 is 0 Å². The largest absolute Gasteiger partial charge is 0.496 e. The number of aromatic nitrogens is 4. The van der Waals surface area contributed by atoms with E-state index >= 15 is 0 Å². The van der Waals surface area contributed by atoms with Crippen molar-refractivity contribution in [3.05, 3.63) is 72.0 Å². The summed E-state index contributed by atoms with van der Waals surface area (Å²) in [5.74, 6) is 1.23. The van der Waals surface area contributed by atoms with Crippen LogP contribution in [0.2, 0.25) is 5.02 Å². The van der Waals surface area contributed by atoms with E-state index in [1.807, 2.05) is 53.2 Å². The Kier molecular flexibility index (Phi) is 3.91. The molecule has 0 unspecified atom stereocenters. The van der Waals surface area contributed by atoms with Crippen LogP contribution < -0.4 is 10.1 Å². The van der Waals surface area contributed by atoms with E-state index in [1.54, 1.807) is 19.4 Å². The predicted octanol–water partition coefficient (Wildman–Crippen LogP) is 5.28. The highest BCUT2D eigenvalue weighted by molar-refractivity contribution is 6.31. The van der Waals surface area contributed by atoms with Crippen molar-refractivity contribution in [3.63, 3.8) is 0 Å². The number of rotatable bonds is 4. The standard InChI is InChI=1S/C21H16ClN5O/c1-28-20-7-2-14(22)11-17(20)19-6-4-16-12-24-21(26-27(16)19)25-15-3-5-18-13(10-15)8-9-23-18/h2-12,23H,1H3,(H,25,26). The number of halogens is 1. The molecule has 0 atom stereocenters. The summed E-state index contributed by atoms with van der Waals surface area (Å²) >= 11 is 6.21. The zero-order chi connectivity index (χ0) is 19.1. The SMILES string of the molecule is COc1ccc(Cl)cc1-c1ccc2cnc(Nc3ccc4[nH]ccc4c3)nn12. The third-order valence-corrected chi connectivity index (χ3v) is 4.88. The monoisotopic (exact) mass is 389 g/mol. The number of hydrogen-bond donors (Lipinski definition) is 2. The molecule has 0 bridgehead atoms. The topological polar surface area (TPSA) is 67.2 Å². The molecule has 5 aromatic rings. The molecular formula is C21H16ClN5O. The van der Waals surface area contributed by atoms with Crippen molar-refractivity contribution in [2.45, 2.75) is 0 Å². The molecule has 0 aliphatic heterocycles. The summed E-state index contributed by atoms with van der Waals surface area (Å²) in [6.45, 7) is 0. The van der Waals surface area contributed by atoms with Gasteiger partial charge in [0.15, 0.2) is 0 Å². The lowest BCUT2D eigenvalue weighted by Crippen LogP contribution is -2.03. The normalized spacial score (nSPS) is 11.2. The molecule has 0 aliphatic carbocycles. The Morgan fingerprint density at radius 2 is 2.00 bits per heavy atom. The molecule has 2 N–H and O–H groups in total. The van der Waals surface area contributed by atoms with Gasteiger partial charge in [0.25, 0.3) is 0 Å². The van der Waals surface area contributed by atoms with Gasteiger partial charge in [0.2, 0.25) is 5.95 Å². The summed E-state index contributed by atoms with van der Waals surface area (Å²) in [5, 5.41) is 9.70. The van der Waals surface area contributed by atoms with E-state index in [4.69, 9.17) is 16.3 Å². The molecule has 3 heterocycles. The van der Waals surface area contributed by atoms with Gasteiger partial charge in [-0.1, -0.05) is 11.6 Å². The molecule has 7 heteroatoms. The first-order chi connectivity index (χ1) is 13.7. The highest BCUT2D eigenvalue weighted by Gasteiger charge is 2.13. The second kappa shape index (κ2) is 6.58. The quantitative estimate of drug-likeness (QED) is 0.438. The van der Waals surface area contributed by atoms with Crippen LogP contribution >= 0.6 is 11.6 Å². The molecule has 3 aromatic heterocycles. The fourth-order valence-electron chi connectivity index (χ4n) is 3.30. The van der Waals surface area contributed by atoms with Crippen molar-refractivity contribution in [3.8, 4) is 17.0 Å². The maximum Gasteiger partial charge on any atom is 0.245 e. The Morgan fingerprint density at radius 3 is 2.89 bits per heavy atom. The number of anilines is 2. The molecule has 5 rings (SSSR count). The molecule has 2 aromatic carbocycles. The number of aromatic amines is 1. The Balaban J connectivity index is 1.57. The molecule has 0 spiro atoms. The summed E-state index contributed by atoms with van der Waals surface area (Å²) in [6, 6.07) is 17.6.